The van der Waals surface area contributed by atoms with E-state index in [0.717, 1.165) is 12.5 Å². The Morgan fingerprint density at radius 1 is 1.39 bits per heavy atom. The van der Waals surface area contributed by atoms with Crippen LogP contribution in [0.3, 0.4) is 0 Å². The lowest BCUT2D eigenvalue weighted by Gasteiger charge is -2.47. The van der Waals surface area contributed by atoms with Gasteiger partial charge in [0.1, 0.15) is 0 Å². The Morgan fingerprint density at radius 3 is 2.61 bits per heavy atom. The van der Waals surface area contributed by atoms with E-state index in [9.17, 15) is 0 Å². The first-order valence-electron chi connectivity index (χ1n) is 7.90. The summed E-state index contributed by atoms with van der Waals surface area (Å²) in [7, 11) is 2.11. The second kappa shape index (κ2) is 7.49. The van der Waals surface area contributed by atoms with Crippen molar-refractivity contribution in [1.82, 2.24) is 5.32 Å². The molecular formula is C16H33NO. The first kappa shape index (κ1) is 16.0. The number of hydrogen-bond donors (Lipinski definition) is 1. The minimum Gasteiger partial charge on any atom is -0.374 e. The minimum absolute atomic E-state index is 0.0791. The Labute approximate surface area is 114 Å². The quantitative estimate of drug-likeness (QED) is 0.742. The van der Waals surface area contributed by atoms with E-state index in [1.54, 1.807) is 0 Å². The molecule has 0 amide bonds. The summed E-state index contributed by atoms with van der Waals surface area (Å²) in [4.78, 5) is 0. The molecule has 0 radical (unpaired) electrons. The smallest absolute Gasteiger partial charge is 0.0839 e. The lowest BCUT2D eigenvalue weighted by Crippen LogP contribution is -2.56. The Balaban J connectivity index is 2.85. The number of rotatable bonds is 7. The maximum Gasteiger partial charge on any atom is 0.0839 e. The van der Waals surface area contributed by atoms with Gasteiger partial charge in [-0.1, -0.05) is 40.0 Å². The van der Waals surface area contributed by atoms with Gasteiger partial charge in [0.15, 0.2) is 0 Å². The number of likely N-dealkylation sites (N-methyl/N-ethyl adjacent to an activating group) is 1. The van der Waals surface area contributed by atoms with Gasteiger partial charge in [0.2, 0.25) is 0 Å². The summed E-state index contributed by atoms with van der Waals surface area (Å²) in [5, 5.41) is 3.58. The molecule has 0 aromatic carbocycles. The van der Waals surface area contributed by atoms with E-state index in [4.69, 9.17) is 4.74 Å². The van der Waals surface area contributed by atoms with Gasteiger partial charge in [0.25, 0.3) is 0 Å². The molecule has 0 aliphatic heterocycles. The molecule has 18 heavy (non-hydrogen) atoms. The highest BCUT2D eigenvalue weighted by Gasteiger charge is 2.43. The Bertz CT molecular complexity index is 227. The summed E-state index contributed by atoms with van der Waals surface area (Å²) in [6, 6.07) is 0.500. The average molecular weight is 255 g/mol. The van der Waals surface area contributed by atoms with Gasteiger partial charge in [-0.25, -0.2) is 0 Å². The first-order valence-corrected chi connectivity index (χ1v) is 7.90. The van der Waals surface area contributed by atoms with Gasteiger partial charge in [-0.15, -0.1) is 0 Å². The first-order chi connectivity index (χ1) is 8.59. The van der Waals surface area contributed by atoms with Crippen molar-refractivity contribution in [3.63, 3.8) is 0 Å². The number of hydrogen-bond acceptors (Lipinski definition) is 2. The number of ether oxygens (including phenoxy) is 1. The Kier molecular flexibility index (Phi) is 6.65. The highest BCUT2D eigenvalue weighted by molar-refractivity contribution is 4.98. The molecule has 0 aromatic heterocycles. The normalized spacial score (nSPS) is 32.2. The topological polar surface area (TPSA) is 21.3 Å². The van der Waals surface area contributed by atoms with Crippen molar-refractivity contribution in [1.29, 1.82) is 0 Å². The van der Waals surface area contributed by atoms with Crippen molar-refractivity contribution < 1.29 is 4.74 Å². The van der Waals surface area contributed by atoms with Crippen molar-refractivity contribution in [3.05, 3.63) is 0 Å². The fourth-order valence-electron chi connectivity index (χ4n) is 4.02. The summed E-state index contributed by atoms with van der Waals surface area (Å²) in [5.74, 6) is 1.49. The maximum atomic E-state index is 6.30. The lowest BCUT2D eigenvalue weighted by atomic mass is 9.70. The summed E-state index contributed by atoms with van der Waals surface area (Å²) >= 11 is 0. The van der Waals surface area contributed by atoms with Gasteiger partial charge in [-0.2, -0.15) is 0 Å². The third-order valence-electron chi connectivity index (χ3n) is 4.61. The van der Waals surface area contributed by atoms with Crippen molar-refractivity contribution in [3.8, 4) is 0 Å². The Morgan fingerprint density at radius 2 is 2.11 bits per heavy atom. The van der Waals surface area contributed by atoms with Gasteiger partial charge in [-0.3, -0.25) is 0 Å². The third-order valence-corrected chi connectivity index (χ3v) is 4.61. The molecule has 1 fully saturated rings. The van der Waals surface area contributed by atoms with Crippen molar-refractivity contribution in [2.75, 3.05) is 13.7 Å². The molecule has 4 unspecified atom stereocenters. The standard InChI is InChI=1S/C16H33NO/c1-6-9-14(4)15(17-5)16(18-7-2)11-8-10-13(3)12-16/h13-15,17H,6-12H2,1-5H3. The van der Waals surface area contributed by atoms with Crippen LogP contribution in [0, 0.1) is 11.8 Å². The van der Waals surface area contributed by atoms with Gasteiger partial charge in [-0.05, 0) is 45.1 Å². The molecule has 2 heteroatoms. The third kappa shape index (κ3) is 3.71. The van der Waals surface area contributed by atoms with Crippen LogP contribution in [0.15, 0.2) is 0 Å². The molecule has 0 saturated heterocycles. The highest BCUT2D eigenvalue weighted by atomic mass is 16.5. The molecule has 0 heterocycles. The van der Waals surface area contributed by atoms with Crippen LogP contribution < -0.4 is 5.32 Å². The molecule has 1 rings (SSSR count). The molecule has 0 bridgehead atoms. The highest BCUT2D eigenvalue weighted by Crippen LogP contribution is 2.40. The second-order valence-electron chi connectivity index (χ2n) is 6.23. The van der Waals surface area contributed by atoms with E-state index in [1.807, 2.05) is 0 Å². The summed E-state index contributed by atoms with van der Waals surface area (Å²) in [6.07, 6.45) is 7.68. The minimum atomic E-state index is 0.0791. The van der Waals surface area contributed by atoms with Crippen LogP contribution in [0.4, 0.5) is 0 Å². The van der Waals surface area contributed by atoms with Gasteiger partial charge in [0, 0.05) is 12.6 Å². The molecule has 1 N–H and O–H groups in total. The van der Waals surface area contributed by atoms with Gasteiger partial charge >= 0.3 is 0 Å². The van der Waals surface area contributed by atoms with E-state index < -0.39 is 0 Å². The molecule has 0 aromatic rings. The van der Waals surface area contributed by atoms with E-state index in [1.165, 1.54) is 38.5 Å². The van der Waals surface area contributed by atoms with Crippen LogP contribution >= 0.6 is 0 Å². The second-order valence-corrected chi connectivity index (χ2v) is 6.23. The fraction of sp³-hybridized carbons (Fsp3) is 1.00. The van der Waals surface area contributed by atoms with Crippen LogP contribution in [-0.4, -0.2) is 25.3 Å². The van der Waals surface area contributed by atoms with Crippen LogP contribution in [0.25, 0.3) is 0 Å². The predicted molar refractivity (Wildman–Crippen MR) is 78.9 cm³/mol. The van der Waals surface area contributed by atoms with Crippen LogP contribution in [0.2, 0.25) is 0 Å². The molecule has 2 nitrogen and oxygen atoms in total. The van der Waals surface area contributed by atoms with Crippen molar-refractivity contribution in [2.24, 2.45) is 11.8 Å². The summed E-state index contributed by atoms with van der Waals surface area (Å²) in [6.45, 7) is 10.0. The van der Waals surface area contributed by atoms with Crippen molar-refractivity contribution >= 4 is 0 Å². The molecule has 0 spiro atoms. The van der Waals surface area contributed by atoms with Crippen LogP contribution in [-0.2, 0) is 4.74 Å². The molecule has 1 aliphatic rings. The fourth-order valence-corrected chi connectivity index (χ4v) is 4.02. The number of nitrogens with one attached hydrogen (secondary N) is 1. The molecular weight excluding hydrogens is 222 g/mol. The Hall–Kier alpha value is -0.0800. The largest absolute Gasteiger partial charge is 0.374 e. The average Bonchev–Trinajstić information content (AvgIpc) is 2.30. The van der Waals surface area contributed by atoms with Crippen LogP contribution in [0.1, 0.15) is 66.2 Å². The van der Waals surface area contributed by atoms with E-state index in [2.05, 4.69) is 40.1 Å². The van der Waals surface area contributed by atoms with E-state index in [0.29, 0.717) is 12.0 Å². The predicted octanol–water partition coefficient (Wildman–Crippen LogP) is 4.00. The SMILES string of the molecule is CCCC(C)C(NC)C1(OCC)CCCC(C)C1. The molecule has 4 atom stereocenters. The zero-order valence-electron chi connectivity index (χ0n) is 13.1. The zero-order chi connectivity index (χ0) is 13.6. The molecule has 108 valence electrons. The molecule has 1 saturated carbocycles. The van der Waals surface area contributed by atoms with E-state index >= 15 is 0 Å². The summed E-state index contributed by atoms with van der Waals surface area (Å²) < 4.78 is 6.30. The van der Waals surface area contributed by atoms with Crippen LogP contribution in [0.5, 0.6) is 0 Å². The molecule has 1 aliphatic carbocycles. The summed E-state index contributed by atoms with van der Waals surface area (Å²) in [5.41, 5.74) is 0.0791. The maximum absolute atomic E-state index is 6.30. The van der Waals surface area contributed by atoms with Gasteiger partial charge < -0.3 is 10.1 Å². The van der Waals surface area contributed by atoms with Gasteiger partial charge in [0.05, 0.1) is 5.60 Å². The van der Waals surface area contributed by atoms with Crippen molar-refractivity contribution in [2.45, 2.75) is 77.9 Å². The van der Waals surface area contributed by atoms with E-state index in [-0.39, 0.29) is 5.60 Å². The monoisotopic (exact) mass is 255 g/mol. The zero-order valence-corrected chi connectivity index (χ0v) is 13.1. The lowest BCUT2D eigenvalue weighted by molar-refractivity contribution is -0.110.